The van der Waals surface area contributed by atoms with Gasteiger partial charge in [0.05, 0.1) is 13.7 Å². The second kappa shape index (κ2) is 7.07. The van der Waals surface area contributed by atoms with Gasteiger partial charge in [0.15, 0.2) is 11.5 Å². The van der Waals surface area contributed by atoms with E-state index in [-0.39, 0.29) is 6.04 Å². The molecule has 0 spiro atoms. The van der Waals surface area contributed by atoms with Gasteiger partial charge < -0.3 is 15.2 Å². The Morgan fingerprint density at radius 2 is 2.06 bits per heavy atom. The lowest BCUT2D eigenvalue weighted by Gasteiger charge is -2.14. The second-order valence-corrected chi connectivity index (χ2v) is 4.70. The number of nitrogens with two attached hydrogens (primary N) is 1. The highest BCUT2D eigenvalue weighted by atomic mass is 16.5. The van der Waals surface area contributed by atoms with Gasteiger partial charge >= 0.3 is 0 Å². The van der Waals surface area contributed by atoms with Crippen LogP contribution in [0.2, 0.25) is 0 Å². The van der Waals surface area contributed by atoms with Crippen LogP contribution in [0.25, 0.3) is 0 Å². The van der Waals surface area contributed by atoms with Crippen LogP contribution in [-0.4, -0.2) is 13.7 Å². The van der Waals surface area contributed by atoms with Crippen LogP contribution in [0.3, 0.4) is 0 Å². The van der Waals surface area contributed by atoms with Crippen molar-refractivity contribution >= 4 is 0 Å². The van der Waals surface area contributed by atoms with E-state index in [9.17, 15) is 0 Å². The Hall–Kier alpha value is -1.48. The summed E-state index contributed by atoms with van der Waals surface area (Å²) in [6.45, 7) is 8.73. The van der Waals surface area contributed by atoms with Gasteiger partial charge in [0.25, 0.3) is 0 Å². The quantitative estimate of drug-likeness (QED) is 0.754. The summed E-state index contributed by atoms with van der Waals surface area (Å²) in [5.74, 6) is 2.11. The third-order valence-corrected chi connectivity index (χ3v) is 2.78. The number of benzene rings is 1. The van der Waals surface area contributed by atoms with Gasteiger partial charge in [-0.2, -0.15) is 0 Å². The first-order chi connectivity index (χ1) is 8.58. The molecule has 0 amide bonds. The molecule has 0 radical (unpaired) electrons. The van der Waals surface area contributed by atoms with Crippen LogP contribution in [0.5, 0.6) is 11.5 Å². The maximum Gasteiger partial charge on any atom is 0.161 e. The van der Waals surface area contributed by atoms with Crippen molar-refractivity contribution in [3.8, 4) is 11.5 Å². The molecule has 3 nitrogen and oxygen atoms in total. The molecule has 2 N–H and O–H groups in total. The van der Waals surface area contributed by atoms with Crippen molar-refractivity contribution in [2.75, 3.05) is 13.7 Å². The predicted molar refractivity (Wildman–Crippen MR) is 75.1 cm³/mol. The zero-order chi connectivity index (χ0) is 13.5. The summed E-state index contributed by atoms with van der Waals surface area (Å²) in [5.41, 5.74) is 6.86. The molecule has 0 saturated heterocycles. The largest absolute Gasteiger partial charge is 0.493 e. The van der Waals surface area contributed by atoms with Crippen LogP contribution >= 0.6 is 0 Å². The fourth-order valence-corrected chi connectivity index (χ4v) is 1.55. The Labute approximate surface area is 110 Å². The van der Waals surface area contributed by atoms with E-state index >= 15 is 0 Å². The number of ether oxygens (including phenoxy) is 2. The fraction of sp³-hybridized carbons (Fsp3) is 0.467. The molecule has 0 aromatic heterocycles. The van der Waals surface area contributed by atoms with E-state index in [1.54, 1.807) is 13.2 Å². The molecular weight excluding hydrogens is 226 g/mol. The van der Waals surface area contributed by atoms with Crippen LogP contribution in [0, 0.1) is 5.92 Å². The first-order valence-electron chi connectivity index (χ1n) is 6.27. The summed E-state index contributed by atoms with van der Waals surface area (Å²) in [6.07, 6.45) is 2.73. The van der Waals surface area contributed by atoms with Crippen molar-refractivity contribution in [3.05, 3.63) is 36.4 Å². The number of methoxy groups -OCH3 is 1. The van der Waals surface area contributed by atoms with E-state index in [1.807, 2.05) is 18.2 Å². The Morgan fingerprint density at radius 1 is 1.33 bits per heavy atom. The van der Waals surface area contributed by atoms with Gasteiger partial charge in [-0.05, 0) is 30.0 Å². The summed E-state index contributed by atoms with van der Waals surface area (Å²) in [6, 6.07) is 5.57. The fourth-order valence-electron chi connectivity index (χ4n) is 1.55. The summed E-state index contributed by atoms with van der Waals surface area (Å²) < 4.78 is 11.0. The van der Waals surface area contributed by atoms with Crippen LogP contribution in [0.15, 0.2) is 30.9 Å². The van der Waals surface area contributed by atoms with E-state index in [0.29, 0.717) is 18.3 Å². The van der Waals surface area contributed by atoms with Gasteiger partial charge in [-0.25, -0.2) is 0 Å². The summed E-state index contributed by atoms with van der Waals surface area (Å²) in [7, 11) is 1.63. The molecule has 0 fully saturated rings. The molecule has 0 aliphatic heterocycles. The molecular formula is C15H23NO2. The zero-order valence-corrected chi connectivity index (χ0v) is 11.5. The topological polar surface area (TPSA) is 44.5 Å². The number of hydrogen-bond donors (Lipinski definition) is 1. The van der Waals surface area contributed by atoms with Crippen molar-refractivity contribution in [2.45, 2.75) is 26.3 Å². The third kappa shape index (κ3) is 4.08. The molecule has 1 rings (SSSR count). The lowest BCUT2D eigenvalue weighted by atomic mass is 10.1. The van der Waals surface area contributed by atoms with E-state index < -0.39 is 0 Å². The Balaban J connectivity index is 2.76. The number of rotatable bonds is 7. The molecule has 1 aromatic carbocycles. The summed E-state index contributed by atoms with van der Waals surface area (Å²) >= 11 is 0. The van der Waals surface area contributed by atoms with Crippen LogP contribution in [0.4, 0.5) is 0 Å². The Bertz CT molecular complexity index is 388. The van der Waals surface area contributed by atoms with E-state index in [2.05, 4.69) is 20.4 Å². The SMILES string of the molecule is C=C[C@H](N)c1ccc(OCCC(C)C)c(OC)c1. The third-order valence-electron chi connectivity index (χ3n) is 2.78. The molecule has 0 heterocycles. The van der Waals surface area contributed by atoms with Gasteiger partial charge in [0, 0.05) is 6.04 Å². The van der Waals surface area contributed by atoms with Gasteiger partial charge in [-0.3, -0.25) is 0 Å². The maximum absolute atomic E-state index is 5.89. The monoisotopic (exact) mass is 249 g/mol. The highest BCUT2D eigenvalue weighted by Crippen LogP contribution is 2.30. The zero-order valence-electron chi connectivity index (χ0n) is 11.5. The Morgan fingerprint density at radius 3 is 2.61 bits per heavy atom. The van der Waals surface area contributed by atoms with Crippen molar-refractivity contribution in [1.29, 1.82) is 0 Å². The average molecular weight is 249 g/mol. The number of hydrogen-bond acceptors (Lipinski definition) is 3. The van der Waals surface area contributed by atoms with Crippen LogP contribution in [0.1, 0.15) is 31.9 Å². The Kier molecular flexibility index (Phi) is 5.72. The van der Waals surface area contributed by atoms with Gasteiger partial charge in [-0.1, -0.05) is 26.0 Å². The molecule has 100 valence electrons. The lowest BCUT2D eigenvalue weighted by molar-refractivity contribution is 0.273. The van der Waals surface area contributed by atoms with Gasteiger partial charge in [0.1, 0.15) is 0 Å². The minimum Gasteiger partial charge on any atom is -0.493 e. The van der Waals surface area contributed by atoms with E-state index in [0.717, 1.165) is 17.7 Å². The molecule has 3 heteroatoms. The molecule has 0 aliphatic carbocycles. The maximum atomic E-state index is 5.89. The molecule has 0 aliphatic rings. The second-order valence-electron chi connectivity index (χ2n) is 4.70. The van der Waals surface area contributed by atoms with Crippen molar-refractivity contribution in [1.82, 2.24) is 0 Å². The van der Waals surface area contributed by atoms with Crippen molar-refractivity contribution in [3.63, 3.8) is 0 Å². The van der Waals surface area contributed by atoms with Crippen LogP contribution < -0.4 is 15.2 Å². The summed E-state index contributed by atoms with van der Waals surface area (Å²) in [5, 5.41) is 0. The minimum absolute atomic E-state index is 0.177. The minimum atomic E-state index is -0.177. The first-order valence-corrected chi connectivity index (χ1v) is 6.27. The molecule has 1 atom stereocenters. The van der Waals surface area contributed by atoms with Crippen molar-refractivity contribution in [2.24, 2.45) is 11.7 Å². The molecule has 0 bridgehead atoms. The van der Waals surface area contributed by atoms with Crippen molar-refractivity contribution < 1.29 is 9.47 Å². The van der Waals surface area contributed by atoms with Gasteiger partial charge in [0.2, 0.25) is 0 Å². The lowest BCUT2D eigenvalue weighted by Crippen LogP contribution is -2.07. The smallest absolute Gasteiger partial charge is 0.161 e. The normalized spacial score (nSPS) is 12.3. The average Bonchev–Trinajstić information content (AvgIpc) is 2.37. The first kappa shape index (κ1) is 14.6. The predicted octanol–water partition coefficient (Wildman–Crippen LogP) is 3.31. The van der Waals surface area contributed by atoms with E-state index in [4.69, 9.17) is 15.2 Å². The van der Waals surface area contributed by atoms with E-state index in [1.165, 1.54) is 0 Å². The highest BCUT2D eigenvalue weighted by Gasteiger charge is 2.09. The standard InChI is InChI=1S/C15H23NO2/c1-5-13(16)12-6-7-14(15(10-12)17-4)18-9-8-11(2)3/h5-7,10-11,13H,1,8-9,16H2,2-4H3/t13-/m0/s1. The van der Waals surface area contributed by atoms with Gasteiger partial charge in [-0.15, -0.1) is 6.58 Å². The summed E-state index contributed by atoms with van der Waals surface area (Å²) in [4.78, 5) is 0. The molecule has 18 heavy (non-hydrogen) atoms. The highest BCUT2D eigenvalue weighted by molar-refractivity contribution is 5.44. The van der Waals surface area contributed by atoms with Crippen LogP contribution in [-0.2, 0) is 0 Å². The molecule has 0 saturated carbocycles. The molecule has 1 aromatic rings. The molecule has 0 unspecified atom stereocenters.